The van der Waals surface area contributed by atoms with Gasteiger partial charge in [0.15, 0.2) is 5.82 Å². The Kier molecular flexibility index (Phi) is 4.47. The van der Waals surface area contributed by atoms with E-state index in [1.165, 1.54) is 10.7 Å². The molecule has 0 aliphatic carbocycles. The van der Waals surface area contributed by atoms with Gasteiger partial charge in [0.2, 0.25) is 0 Å². The van der Waals surface area contributed by atoms with Crippen molar-refractivity contribution in [2.24, 2.45) is 0 Å². The van der Waals surface area contributed by atoms with Gasteiger partial charge in [0.1, 0.15) is 5.82 Å². The van der Waals surface area contributed by atoms with E-state index in [9.17, 15) is 13.2 Å². The number of nitrogens with zero attached hydrogens (tertiary/aromatic N) is 5. The number of halogens is 4. The van der Waals surface area contributed by atoms with Gasteiger partial charge in [0, 0.05) is 23.2 Å². The second kappa shape index (κ2) is 6.44. The van der Waals surface area contributed by atoms with Crippen LogP contribution in [-0.4, -0.2) is 25.0 Å². The second-order valence-electron chi connectivity index (χ2n) is 5.51. The van der Waals surface area contributed by atoms with Gasteiger partial charge in [-0.25, -0.2) is 14.6 Å². The van der Waals surface area contributed by atoms with Crippen molar-refractivity contribution in [3.63, 3.8) is 0 Å². The number of alkyl halides is 3. The molecule has 3 rings (SSSR count). The Morgan fingerprint density at radius 1 is 1.20 bits per heavy atom. The van der Waals surface area contributed by atoms with Gasteiger partial charge in [-0.2, -0.15) is 13.2 Å². The fourth-order valence-corrected chi connectivity index (χ4v) is 2.72. The molecule has 0 saturated heterocycles. The van der Waals surface area contributed by atoms with E-state index in [4.69, 9.17) is 11.6 Å². The molecule has 1 atom stereocenters. The number of rotatable bonds is 3. The Morgan fingerprint density at radius 3 is 2.60 bits per heavy atom. The number of hydrogen-bond donors (Lipinski definition) is 0. The van der Waals surface area contributed by atoms with Crippen molar-refractivity contribution in [1.29, 1.82) is 0 Å². The Hall–Kier alpha value is -2.48. The number of hydrogen-bond acceptors (Lipinski definition) is 4. The molecule has 0 spiro atoms. The zero-order valence-electron chi connectivity index (χ0n) is 13.3. The molecule has 2 heterocycles. The van der Waals surface area contributed by atoms with Crippen molar-refractivity contribution in [3.05, 3.63) is 64.3 Å². The third-order valence-electron chi connectivity index (χ3n) is 3.75. The first kappa shape index (κ1) is 17.3. The summed E-state index contributed by atoms with van der Waals surface area (Å²) in [6.45, 7) is 3.56. The molecule has 0 radical (unpaired) electrons. The topological polar surface area (TPSA) is 56.5 Å². The van der Waals surface area contributed by atoms with E-state index >= 15 is 0 Å². The molecule has 130 valence electrons. The summed E-state index contributed by atoms with van der Waals surface area (Å²) in [5.74, 6) is 0.816. The lowest BCUT2D eigenvalue weighted by molar-refractivity contribution is -0.137. The highest BCUT2D eigenvalue weighted by molar-refractivity contribution is 6.31. The zero-order chi connectivity index (χ0) is 18.2. The molecule has 0 bridgehead atoms. The normalized spacial score (nSPS) is 13.0. The van der Waals surface area contributed by atoms with E-state index < -0.39 is 11.7 Å². The minimum atomic E-state index is -4.43. The van der Waals surface area contributed by atoms with Crippen molar-refractivity contribution < 1.29 is 13.2 Å². The minimum Gasteiger partial charge on any atom is -0.242 e. The van der Waals surface area contributed by atoms with Crippen LogP contribution in [0.2, 0.25) is 5.02 Å². The van der Waals surface area contributed by atoms with Crippen molar-refractivity contribution in [3.8, 4) is 5.82 Å². The lowest BCUT2D eigenvalue weighted by Gasteiger charge is -2.13. The summed E-state index contributed by atoms with van der Waals surface area (Å²) in [4.78, 5) is 8.26. The molecule has 25 heavy (non-hydrogen) atoms. The molecule has 0 saturated carbocycles. The molecule has 3 aromatic rings. The van der Waals surface area contributed by atoms with Gasteiger partial charge in [0.25, 0.3) is 0 Å². The van der Waals surface area contributed by atoms with Crippen LogP contribution in [0.4, 0.5) is 13.2 Å². The van der Waals surface area contributed by atoms with E-state index in [0.29, 0.717) is 22.9 Å². The highest BCUT2D eigenvalue weighted by Gasteiger charge is 2.31. The molecule has 0 aliphatic heterocycles. The summed E-state index contributed by atoms with van der Waals surface area (Å²) in [6.07, 6.45) is -1.16. The van der Waals surface area contributed by atoms with Crippen molar-refractivity contribution in [1.82, 2.24) is 25.0 Å². The van der Waals surface area contributed by atoms with E-state index in [-0.39, 0.29) is 10.9 Å². The average molecular weight is 368 g/mol. The molecule has 0 fully saturated rings. The molecular formula is C16H13ClF3N5. The molecule has 0 aliphatic rings. The van der Waals surface area contributed by atoms with Crippen molar-refractivity contribution >= 4 is 11.6 Å². The Bertz CT molecular complexity index is 907. The van der Waals surface area contributed by atoms with Gasteiger partial charge in [-0.05, 0) is 24.6 Å². The second-order valence-corrected chi connectivity index (χ2v) is 5.91. The molecule has 5 nitrogen and oxygen atoms in total. The molecular weight excluding hydrogens is 355 g/mol. The average Bonchev–Trinajstić information content (AvgIpc) is 3.03. The van der Waals surface area contributed by atoms with E-state index in [1.807, 2.05) is 0 Å². The van der Waals surface area contributed by atoms with Crippen LogP contribution in [0.1, 0.15) is 35.5 Å². The molecule has 1 unspecified atom stereocenters. The maximum Gasteiger partial charge on any atom is 0.416 e. The number of benzene rings is 1. The van der Waals surface area contributed by atoms with Crippen LogP contribution >= 0.6 is 11.6 Å². The predicted octanol–water partition coefficient (Wildman–Crippen LogP) is 4.19. The first-order valence-electron chi connectivity index (χ1n) is 7.34. The summed E-state index contributed by atoms with van der Waals surface area (Å²) in [6, 6.07) is 4.98. The minimum absolute atomic E-state index is 0.0368. The van der Waals surface area contributed by atoms with E-state index in [1.54, 1.807) is 32.3 Å². The standard InChI is InChI=1S/C16H13ClF3N5/c1-9(12-4-3-11(7-13(12)17)16(18,19)20)14-8-25(24-23-14)15-5-6-21-10(2)22-15/h3-9H,1-2H3. The Morgan fingerprint density at radius 2 is 1.96 bits per heavy atom. The summed E-state index contributed by atoms with van der Waals surface area (Å²) < 4.78 is 39.7. The van der Waals surface area contributed by atoms with Crippen LogP contribution in [0.3, 0.4) is 0 Å². The first-order chi connectivity index (χ1) is 11.8. The Balaban J connectivity index is 1.90. The van der Waals surface area contributed by atoms with Gasteiger partial charge in [-0.3, -0.25) is 0 Å². The van der Waals surface area contributed by atoms with Crippen LogP contribution < -0.4 is 0 Å². The first-order valence-corrected chi connectivity index (χ1v) is 7.72. The molecule has 0 N–H and O–H groups in total. The Labute approximate surface area is 146 Å². The predicted molar refractivity (Wildman–Crippen MR) is 85.7 cm³/mol. The van der Waals surface area contributed by atoms with Crippen molar-refractivity contribution in [2.75, 3.05) is 0 Å². The highest BCUT2D eigenvalue weighted by Crippen LogP contribution is 2.35. The highest BCUT2D eigenvalue weighted by atomic mass is 35.5. The van der Waals surface area contributed by atoms with Crippen LogP contribution in [0, 0.1) is 6.92 Å². The maximum absolute atomic E-state index is 12.8. The summed E-state index contributed by atoms with van der Waals surface area (Å²) in [5, 5.41) is 8.13. The molecule has 1 aromatic carbocycles. The summed E-state index contributed by atoms with van der Waals surface area (Å²) in [5.41, 5.74) is 0.326. The van der Waals surface area contributed by atoms with Gasteiger partial charge in [-0.1, -0.05) is 29.8 Å². The fourth-order valence-electron chi connectivity index (χ4n) is 2.37. The van der Waals surface area contributed by atoms with Gasteiger partial charge >= 0.3 is 6.18 Å². The SMILES string of the molecule is Cc1nccc(-n2cc(C(C)c3ccc(C(F)(F)F)cc3Cl)nn2)n1. The maximum atomic E-state index is 12.8. The quantitative estimate of drug-likeness (QED) is 0.696. The smallest absolute Gasteiger partial charge is 0.242 e. The lowest BCUT2D eigenvalue weighted by Crippen LogP contribution is -2.06. The third kappa shape index (κ3) is 3.63. The van der Waals surface area contributed by atoms with Gasteiger partial charge in [0.05, 0.1) is 17.5 Å². The van der Waals surface area contributed by atoms with Crippen molar-refractivity contribution in [2.45, 2.75) is 25.9 Å². The number of aryl methyl sites for hydroxylation is 1. The monoisotopic (exact) mass is 367 g/mol. The van der Waals surface area contributed by atoms with E-state index in [2.05, 4.69) is 20.3 Å². The molecule has 9 heteroatoms. The molecule has 0 amide bonds. The zero-order valence-corrected chi connectivity index (χ0v) is 14.0. The van der Waals surface area contributed by atoms with Crippen LogP contribution in [-0.2, 0) is 6.18 Å². The lowest BCUT2D eigenvalue weighted by atomic mass is 9.97. The van der Waals surface area contributed by atoms with Crippen LogP contribution in [0.15, 0.2) is 36.7 Å². The summed E-state index contributed by atoms with van der Waals surface area (Å²) in [7, 11) is 0. The van der Waals surface area contributed by atoms with Gasteiger partial charge < -0.3 is 0 Å². The third-order valence-corrected chi connectivity index (χ3v) is 4.07. The van der Waals surface area contributed by atoms with E-state index in [0.717, 1.165) is 12.1 Å². The largest absolute Gasteiger partial charge is 0.416 e. The van der Waals surface area contributed by atoms with Crippen LogP contribution in [0.5, 0.6) is 0 Å². The fraction of sp³-hybridized carbons (Fsp3) is 0.250. The van der Waals surface area contributed by atoms with Crippen LogP contribution in [0.25, 0.3) is 5.82 Å². The number of aromatic nitrogens is 5. The van der Waals surface area contributed by atoms with Gasteiger partial charge in [-0.15, -0.1) is 5.10 Å². The summed E-state index contributed by atoms with van der Waals surface area (Å²) >= 11 is 6.05. The molecule has 2 aromatic heterocycles.